The van der Waals surface area contributed by atoms with Crippen LogP contribution >= 0.6 is 15.9 Å². The third kappa shape index (κ3) is 3.32. The Morgan fingerprint density at radius 1 is 1.04 bits per heavy atom. The Labute approximate surface area is 163 Å². The third-order valence-corrected chi connectivity index (χ3v) is 8.15. The number of sulfone groups is 1. The number of benzene rings is 2. The second-order valence-electron chi connectivity index (χ2n) is 6.93. The number of nitrogens with one attached hydrogen (secondary N) is 1. The van der Waals surface area contributed by atoms with Crippen molar-refractivity contribution in [1.29, 1.82) is 0 Å². The van der Waals surface area contributed by atoms with Gasteiger partial charge in [-0.2, -0.15) is 0 Å². The van der Waals surface area contributed by atoms with E-state index in [0.29, 0.717) is 18.5 Å². The van der Waals surface area contributed by atoms with Crippen LogP contribution in [0.1, 0.15) is 36.8 Å². The van der Waals surface area contributed by atoms with Gasteiger partial charge in [-0.3, -0.25) is 4.79 Å². The molecule has 0 saturated heterocycles. The van der Waals surface area contributed by atoms with Crippen molar-refractivity contribution in [3.8, 4) is 0 Å². The number of amides is 1. The predicted octanol–water partition coefficient (Wildman–Crippen LogP) is 4.79. The lowest BCUT2D eigenvalue weighted by Gasteiger charge is -2.28. The highest BCUT2D eigenvalue weighted by Crippen LogP contribution is 2.41. The molecule has 0 spiro atoms. The van der Waals surface area contributed by atoms with Gasteiger partial charge in [0.25, 0.3) is 0 Å². The molecule has 1 aliphatic rings. The van der Waals surface area contributed by atoms with Gasteiger partial charge in [-0.05, 0) is 68.1 Å². The zero-order valence-corrected chi connectivity index (χ0v) is 17.3. The van der Waals surface area contributed by atoms with Crippen LogP contribution in [0.25, 0.3) is 0 Å². The lowest BCUT2D eigenvalue weighted by molar-refractivity contribution is -0.118. The molecule has 0 unspecified atom stereocenters. The molecule has 1 fully saturated rings. The van der Waals surface area contributed by atoms with Crippen LogP contribution in [0.4, 0.5) is 5.69 Å². The van der Waals surface area contributed by atoms with E-state index >= 15 is 0 Å². The fraction of sp³-hybridized carbons (Fsp3) is 0.350. The first-order chi connectivity index (χ1) is 12.3. The molecule has 3 rings (SSSR count). The summed E-state index contributed by atoms with van der Waals surface area (Å²) in [5.41, 5.74) is 2.60. The second kappa shape index (κ2) is 7.16. The van der Waals surface area contributed by atoms with Crippen LogP contribution in [-0.4, -0.2) is 19.1 Å². The number of anilines is 1. The van der Waals surface area contributed by atoms with E-state index < -0.39 is 20.5 Å². The summed E-state index contributed by atoms with van der Waals surface area (Å²) in [6, 6.07) is 12.3. The molecule has 0 bridgehead atoms. The van der Waals surface area contributed by atoms with Crippen molar-refractivity contribution in [2.24, 2.45) is 0 Å². The van der Waals surface area contributed by atoms with Gasteiger partial charge in [0, 0.05) is 10.2 Å². The Morgan fingerprint density at radius 3 is 2.27 bits per heavy atom. The normalized spacial score (nSPS) is 16.4. The summed E-state index contributed by atoms with van der Waals surface area (Å²) in [5, 5.41) is 2.89. The van der Waals surface area contributed by atoms with Crippen LogP contribution in [0.2, 0.25) is 0 Å². The van der Waals surface area contributed by atoms with Gasteiger partial charge >= 0.3 is 0 Å². The maximum atomic E-state index is 13.4. The molecular formula is C20H22BrNO3S. The molecular weight excluding hydrogens is 414 g/mol. The molecule has 2 aromatic carbocycles. The van der Waals surface area contributed by atoms with Crippen LogP contribution < -0.4 is 5.32 Å². The molecule has 0 atom stereocenters. The van der Waals surface area contributed by atoms with Gasteiger partial charge in [0.1, 0.15) is 0 Å². The summed E-state index contributed by atoms with van der Waals surface area (Å²) in [6.45, 7) is 3.85. The predicted molar refractivity (Wildman–Crippen MR) is 107 cm³/mol. The SMILES string of the molecule is Cc1ccc(C)c(NC(=O)C2(S(=O)(=O)c3ccc(Br)cc3)CCCC2)c1. The van der Waals surface area contributed by atoms with Crippen LogP contribution in [0, 0.1) is 13.8 Å². The van der Waals surface area contributed by atoms with Crippen molar-refractivity contribution in [3.63, 3.8) is 0 Å². The Balaban J connectivity index is 2.01. The Bertz CT molecular complexity index is 930. The van der Waals surface area contributed by atoms with E-state index in [0.717, 1.165) is 28.4 Å². The first-order valence-corrected chi connectivity index (χ1v) is 10.9. The zero-order valence-electron chi connectivity index (χ0n) is 14.9. The lowest BCUT2D eigenvalue weighted by atomic mass is 10.1. The van der Waals surface area contributed by atoms with Crippen molar-refractivity contribution < 1.29 is 13.2 Å². The highest BCUT2D eigenvalue weighted by atomic mass is 79.9. The van der Waals surface area contributed by atoms with Crippen LogP contribution in [0.5, 0.6) is 0 Å². The van der Waals surface area contributed by atoms with E-state index in [1.54, 1.807) is 24.3 Å². The maximum absolute atomic E-state index is 13.4. The Kier molecular flexibility index (Phi) is 5.26. The molecule has 6 heteroatoms. The first-order valence-electron chi connectivity index (χ1n) is 8.65. The highest BCUT2D eigenvalue weighted by Gasteiger charge is 2.53. The lowest BCUT2D eigenvalue weighted by Crippen LogP contribution is -2.47. The quantitative estimate of drug-likeness (QED) is 0.750. The number of hydrogen-bond donors (Lipinski definition) is 1. The number of rotatable bonds is 4. The standard InChI is InChI=1S/C20H22BrNO3S/c1-14-5-6-15(2)18(13-14)22-19(23)20(11-3-4-12-20)26(24,25)17-9-7-16(21)8-10-17/h5-10,13H,3-4,11-12H2,1-2H3,(H,22,23). The number of hydrogen-bond acceptors (Lipinski definition) is 3. The van der Waals surface area contributed by atoms with Crippen molar-refractivity contribution in [1.82, 2.24) is 0 Å². The number of halogens is 1. The summed E-state index contributed by atoms with van der Waals surface area (Å²) < 4.78 is 26.1. The average molecular weight is 436 g/mol. The summed E-state index contributed by atoms with van der Waals surface area (Å²) in [7, 11) is -3.79. The van der Waals surface area contributed by atoms with E-state index in [2.05, 4.69) is 21.2 Å². The fourth-order valence-corrected chi connectivity index (χ4v) is 5.84. The zero-order chi connectivity index (χ0) is 18.9. The minimum atomic E-state index is -3.79. The minimum absolute atomic E-state index is 0.193. The van der Waals surface area contributed by atoms with Crippen molar-refractivity contribution in [3.05, 3.63) is 58.1 Å². The van der Waals surface area contributed by atoms with Gasteiger partial charge in [-0.15, -0.1) is 0 Å². The van der Waals surface area contributed by atoms with Gasteiger partial charge < -0.3 is 5.32 Å². The molecule has 1 N–H and O–H groups in total. The van der Waals surface area contributed by atoms with Gasteiger partial charge in [-0.1, -0.05) is 40.9 Å². The molecule has 1 aliphatic carbocycles. The van der Waals surface area contributed by atoms with Crippen molar-refractivity contribution in [2.75, 3.05) is 5.32 Å². The van der Waals surface area contributed by atoms with Gasteiger partial charge in [0.05, 0.1) is 4.90 Å². The minimum Gasteiger partial charge on any atom is -0.324 e. The van der Waals surface area contributed by atoms with E-state index in [-0.39, 0.29) is 4.90 Å². The molecule has 0 radical (unpaired) electrons. The Morgan fingerprint density at radius 2 is 1.65 bits per heavy atom. The summed E-state index contributed by atoms with van der Waals surface area (Å²) >= 11 is 3.32. The van der Waals surface area contributed by atoms with Crippen molar-refractivity contribution in [2.45, 2.75) is 49.2 Å². The molecule has 4 nitrogen and oxygen atoms in total. The largest absolute Gasteiger partial charge is 0.324 e. The number of carbonyl (C=O) groups excluding carboxylic acids is 1. The highest BCUT2D eigenvalue weighted by molar-refractivity contribution is 9.10. The van der Waals surface area contributed by atoms with Crippen molar-refractivity contribution >= 4 is 37.4 Å². The van der Waals surface area contributed by atoms with Gasteiger partial charge in [0.15, 0.2) is 14.6 Å². The molecule has 26 heavy (non-hydrogen) atoms. The summed E-state index contributed by atoms with van der Waals surface area (Å²) in [4.78, 5) is 13.4. The van der Waals surface area contributed by atoms with Gasteiger partial charge in [0.2, 0.25) is 5.91 Å². The summed E-state index contributed by atoms with van der Waals surface area (Å²) in [5.74, 6) is -0.424. The van der Waals surface area contributed by atoms with Crippen LogP contribution in [-0.2, 0) is 14.6 Å². The van der Waals surface area contributed by atoms with E-state index in [1.165, 1.54) is 0 Å². The van der Waals surface area contributed by atoms with Gasteiger partial charge in [-0.25, -0.2) is 8.42 Å². The molecule has 2 aromatic rings. The number of carbonyl (C=O) groups is 1. The molecule has 0 heterocycles. The molecule has 1 amide bonds. The maximum Gasteiger partial charge on any atom is 0.246 e. The smallest absolute Gasteiger partial charge is 0.246 e. The van der Waals surface area contributed by atoms with E-state index in [9.17, 15) is 13.2 Å². The monoisotopic (exact) mass is 435 g/mol. The average Bonchev–Trinajstić information content (AvgIpc) is 3.10. The molecule has 1 saturated carbocycles. The number of aryl methyl sites for hydroxylation is 2. The summed E-state index contributed by atoms with van der Waals surface area (Å²) in [6.07, 6.45) is 2.16. The van der Waals surface area contributed by atoms with Crippen LogP contribution in [0.3, 0.4) is 0 Å². The second-order valence-corrected chi connectivity index (χ2v) is 10.1. The Hall–Kier alpha value is -1.66. The third-order valence-electron chi connectivity index (χ3n) is 5.10. The van der Waals surface area contributed by atoms with Crippen LogP contribution in [0.15, 0.2) is 51.8 Å². The fourth-order valence-electron chi connectivity index (χ4n) is 3.51. The molecule has 0 aliphatic heterocycles. The topological polar surface area (TPSA) is 63.2 Å². The van der Waals surface area contributed by atoms with E-state index in [4.69, 9.17) is 0 Å². The van der Waals surface area contributed by atoms with E-state index in [1.807, 2.05) is 32.0 Å². The molecule has 138 valence electrons. The molecule has 0 aromatic heterocycles. The first kappa shape index (κ1) is 19.1.